The first kappa shape index (κ1) is 8.35. The van der Waals surface area contributed by atoms with Crippen LogP contribution in [0.15, 0.2) is 23.3 Å². The van der Waals surface area contributed by atoms with Gasteiger partial charge in [-0.2, -0.15) is 0 Å². The van der Waals surface area contributed by atoms with Gasteiger partial charge in [0.1, 0.15) is 0 Å². The number of carboxylic acid groups (broad SMARTS) is 1. The number of carbonyl (C=O) groups is 1. The summed E-state index contributed by atoms with van der Waals surface area (Å²) in [6, 6.07) is 0. The van der Waals surface area contributed by atoms with Crippen molar-refractivity contribution >= 4 is 6.09 Å². The Kier molecular flexibility index (Phi) is 2.08. The maximum Gasteiger partial charge on any atom is 0.407 e. The normalized spacial score (nSPS) is 21.7. The van der Waals surface area contributed by atoms with Crippen LogP contribution in [-0.2, 0) is 0 Å². The fraction of sp³-hybridized carbons (Fsp3) is 0.500. The van der Waals surface area contributed by atoms with Gasteiger partial charge in [0.05, 0.1) is 0 Å². The van der Waals surface area contributed by atoms with E-state index in [1.807, 2.05) is 0 Å². The first-order chi connectivity index (χ1) is 6.27. The SMILES string of the molecule is O=C(O)N1CCC2=CCCC=C2C1. The molecule has 1 aliphatic heterocycles. The number of piperidine rings is 1. The van der Waals surface area contributed by atoms with Gasteiger partial charge < -0.3 is 10.0 Å². The van der Waals surface area contributed by atoms with Crippen LogP contribution in [0, 0.1) is 0 Å². The van der Waals surface area contributed by atoms with Crippen molar-refractivity contribution in [1.82, 2.24) is 4.90 Å². The van der Waals surface area contributed by atoms with Crippen LogP contribution < -0.4 is 0 Å². The Bertz CT molecular complexity index is 291. The van der Waals surface area contributed by atoms with Crippen LogP contribution in [0.25, 0.3) is 0 Å². The molecule has 0 aromatic carbocycles. The Morgan fingerprint density at radius 2 is 2.00 bits per heavy atom. The van der Waals surface area contributed by atoms with Crippen molar-refractivity contribution in [2.24, 2.45) is 0 Å². The number of hydrogen-bond donors (Lipinski definition) is 1. The predicted molar refractivity (Wildman–Crippen MR) is 49.6 cm³/mol. The van der Waals surface area contributed by atoms with Gasteiger partial charge in [-0.1, -0.05) is 12.2 Å². The first-order valence-electron chi connectivity index (χ1n) is 4.63. The van der Waals surface area contributed by atoms with Crippen molar-refractivity contribution in [2.75, 3.05) is 13.1 Å². The fourth-order valence-electron chi connectivity index (χ4n) is 1.91. The molecule has 1 amide bonds. The van der Waals surface area contributed by atoms with E-state index < -0.39 is 6.09 Å². The van der Waals surface area contributed by atoms with Crippen molar-refractivity contribution in [3.05, 3.63) is 23.3 Å². The van der Waals surface area contributed by atoms with Gasteiger partial charge in [-0.3, -0.25) is 0 Å². The summed E-state index contributed by atoms with van der Waals surface area (Å²) in [5, 5.41) is 8.81. The molecule has 2 aliphatic rings. The van der Waals surface area contributed by atoms with Crippen LogP contribution in [0.5, 0.6) is 0 Å². The summed E-state index contributed by atoms with van der Waals surface area (Å²) in [6.45, 7) is 1.24. The number of amides is 1. The minimum absolute atomic E-state index is 0.584. The van der Waals surface area contributed by atoms with E-state index >= 15 is 0 Å². The van der Waals surface area contributed by atoms with Crippen molar-refractivity contribution in [3.8, 4) is 0 Å². The molecule has 0 aromatic rings. The van der Waals surface area contributed by atoms with Gasteiger partial charge in [-0.05, 0) is 30.4 Å². The molecule has 13 heavy (non-hydrogen) atoms. The molecule has 0 radical (unpaired) electrons. The van der Waals surface area contributed by atoms with E-state index in [0.717, 1.165) is 19.3 Å². The van der Waals surface area contributed by atoms with Crippen molar-refractivity contribution in [3.63, 3.8) is 0 Å². The number of rotatable bonds is 0. The van der Waals surface area contributed by atoms with E-state index in [0.29, 0.717) is 13.1 Å². The van der Waals surface area contributed by atoms with E-state index in [2.05, 4.69) is 12.2 Å². The van der Waals surface area contributed by atoms with E-state index in [4.69, 9.17) is 5.11 Å². The van der Waals surface area contributed by atoms with E-state index in [1.54, 1.807) is 0 Å². The Morgan fingerprint density at radius 1 is 1.31 bits per heavy atom. The molecule has 0 aromatic heterocycles. The largest absolute Gasteiger partial charge is 0.465 e. The monoisotopic (exact) mass is 179 g/mol. The quantitative estimate of drug-likeness (QED) is 0.618. The maximum absolute atomic E-state index is 10.7. The topological polar surface area (TPSA) is 40.5 Å². The molecule has 1 saturated heterocycles. The second-order valence-electron chi connectivity index (χ2n) is 3.49. The zero-order valence-electron chi connectivity index (χ0n) is 7.49. The molecule has 1 aliphatic carbocycles. The molecule has 3 nitrogen and oxygen atoms in total. The van der Waals surface area contributed by atoms with Gasteiger partial charge >= 0.3 is 6.09 Å². The third-order valence-corrected chi connectivity index (χ3v) is 2.64. The Labute approximate surface area is 77.3 Å². The summed E-state index contributed by atoms with van der Waals surface area (Å²) in [5.41, 5.74) is 2.59. The third kappa shape index (κ3) is 1.59. The second kappa shape index (κ2) is 3.24. The summed E-state index contributed by atoms with van der Waals surface area (Å²) in [7, 11) is 0. The highest BCUT2D eigenvalue weighted by Crippen LogP contribution is 2.26. The minimum atomic E-state index is -0.800. The molecule has 1 N–H and O–H groups in total. The lowest BCUT2D eigenvalue weighted by Gasteiger charge is -2.29. The number of nitrogens with zero attached hydrogens (tertiary/aromatic N) is 1. The summed E-state index contributed by atoms with van der Waals surface area (Å²) in [4.78, 5) is 12.2. The lowest BCUT2D eigenvalue weighted by Crippen LogP contribution is -2.36. The first-order valence-corrected chi connectivity index (χ1v) is 4.63. The van der Waals surface area contributed by atoms with Crippen molar-refractivity contribution in [2.45, 2.75) is 19.3 Å². The number of hydrogen-bond acceptors (Lipinski definition) is 1. The smallest absolute Gasteiger partial charge is 0.407 e. The molecule has 3 heteroatoms. The van der Waals surface area contributed by atoms with Crippen LogP contribution in [0.2, 0.25) is 0 Å². The maximum atomic E-state index is 10.7. The molecule has 0 unspecified atom stereocenters. The fourth-order valence-corrected chi connectivity index (χ4v) is 1.91. The van der Waals surface area contributed by atoms with E-state index in [1.165, 1.54) is 16.0 Å². The summed E-state index contributed by atoms with van der Waals surface area (Å²) < 4.78 is 0. The number of fused-ring (bicyclic) bond motifs is 1. The van der Waals surface area contributed by atoms with Gasteiger partial charge in [0.2, 0.25) is 0 Å². The predicted octanol–water partition coefficient (Wildman–Crippen LogP) is 2.02. The van der Waals surface area contributed by atoms with Crippen LogP contribution in [0.1, 0.15) is 19.3 Å². The van der Waals surface area contributed by atoms with Gasteiger partial charge in [0.15, 0.2) is 0 Å². The average molecular weight is 179 g/mol. The molecule has 1 fully saturated rings. The van der Waals surface area contributed by atoms with Crippen LogP contribution >= 0.6 is 0 Å². The number of likely N-dealkylation sites (tertiary alicyclic amines) is 1. The molecule has 0 atom stereocenters. The third-order valence-electron chi connectivity index (χ3n) is 2.64. The molecule has 0 bridgehead atoms. The molecule has 1 heterocycles. The standard InChI is InChI=1S/C10H13NO2/c12-10(13)11-6-5-8-3-1-2-4-9(8)7-11/h3-4H,1-2,5-7H2,(H,12,13). The van der Waals surface area contributed by atoms with Crippen molar-refractivity contribution < 1.29 is 9.90 Å². The molecule has 2 rings (SSSR count). The van der Waals surface area contributed by atoms with Gasteiger partial charge in [0, 0.05) is 13.1 Å². The average Bonchev–Trinajstić information content (AvgIpc) is 2.17. The highest BCUT2D eigenvalue weighted by molar-refractivity contribution is 5.66. The Morgan fingerprint density at radius 3 is 2.69 bits per heavy atom. The Balaban J connectivity index is 2.12. The second-order valence-corrected chi connectivity index (χ2v) is 3.49. The highest BCUT2D eigenvalue weighted by atomic mass is 16.4. The highest BCUT2D eigenvalue weighted by Gasteiger charge is 2.22. The lowest BCUT2D eigenvalue weighted by molar-refractivity contribution is 0.147. The van der Waals surface area contributed by atoms with Crippen LogP contribution in [-0.4, -0.2) is 29.2 Å². The van der Waals surface area contributed by atoms with E-state index in [9.17, 15) is 4.79 Å². The summed E-state index contributed by atoms with van der Waals surface area (Å²) in [6.07, 6.45) is 6.68. The van der Waals surface area contributed by atoms with Gasteiger partial charge in [0.25, 0.3) is 0 Å². The van der Waals surface area contributed by atoms with Crippen molar-refractivity contribution in [1.29, 1.82) is 0 Å². The van der Waals surface area contributed by atoms with Crippen LogP contribution in [0.3, 0.4) is 0 Å². The molecule has 70 valence electrons. The lowest BCUT2D eigenvalue weighted by atomic mass is 9.92. The molecular formula is C10H13NO2. The van der Waals surface area contributed by atoms with Crippen LogP contribution in [0.4, 0.5) is 4.79 Å². The Hall–Kier alpha value is -1.25. The zero-order chi connectivity index (χ0) is 9.26. The number of allylic oxidation sites excluding steroid dienone is 2. The molecule has 0 spiro atoms. The van der Waals surface area contributed by atoms with E-state index in [-0.39, 0.29) is 0 Å². The summed E-state index contributed by atoms with van der Waals surface area (Å²) >= 11 is 0. The molecule has 0 saturated carbocycles. The zero-order valence-corrected chi connectivity index (χ0v) is 7.49. The summed E-state index contributed by atoms with van der Waals surface area (Å²) in [5.74, 6) is 0. The van der Waals surface area contributed by atoms with Gasteiger partial charge in [-0.15, -0.1) is 0 Å². The molecular weight excluding hydrogens is 166 g/mol. The minimum Gasteiger partial charge on any atom is -0.465 e. The van der Waals surface area contributed by atoms with Gasteiger partial charge in [-0.25, -0.2) is 4.79 Å².